The largest absolute Gasteiger partial charge is 0.573 e. The first-order valence-electron chi connectivity index (χ1n) is 8.09. The molecule has 0 aliphatic carbocycles. The summed E-state index contributed by atoms with van der Waals surface area (Å²) in [6, 6.07) is 6.90. The number of hydrogen-bond donors (Lipinski definition) is 1. The van der Waals surface area contributed by atoms with Gasteiger partial charge in [-0.3, -0.25) is 4.90 Å². The number of rotatable bonds is 5. The molecule has 2 aliphatic rings. The molecule has 0 amide bonds. The summed E-state index contributed by atoms with van der Waals surface area (Å²) in [5, 5.41) is 9.83. The summed E-state index contributed by atoms with van der Waals surface area (Å²) in [7, 11) is 0. The molecule has 0 spiro atoms. The Morgan fingerprint density at radius 1 is 1.30 bits per heavy atom. The number of aliphatic hydroxyl groups is 1. The van der Waals surface area contributed by atoms with Crippen LogP contribution >= 0.6 is 0 Å². The van der Waals surface area contributed by atoms with E-state index in [-0.39, 0.29) is 23.8 Å². The van der Waals surface area contributed by atoms with E-state index in [9.17, 15) is 18.3 Å². The number of ether oxygens (including phenoxy) is 1. The van der Waals surface area contributed by atoms with Crippen LogP contribution in [-0.2, 0) is 6.54 Å². The van der Waals surface area contributed by atoms with E-state index in [2.05, 4.69) is 16.6 Å². The molecule has 1 aromatic carbocycles. The van der Waals surface area contributed by atoms with Crippen LogP contribution in [0.5, 0.6) is 5.75 Å². The first-order valence-corrected chi connectivity index (χ1v) is 8.09. The molecule has 23 heavy (non-hydrogen) atoms. The van der Waals surface area contributed by atoms with E-state index in [1.54, 1.807) is 18.2 Å². The second-order valence-electron chi connectivity index (χ2n) is 6.65. The molecule has 0 saturated carbocycles. The standard InChI is InChI=1S/C17H22F3NO2/c1-2-16(11-22)9-13-7-8-15(16)21(13)10-12-5-3-4-6-14(12)23-17(18,19)20/h3-6,13,15,22H,2,7-11H2,1H3/t13-,15+,16-/m1/s1. The fourth-order valence-electron chi connectivity index (χ4n) is 4.38. The van der Waals surface area contributed by atoms with Crippen LogP contribution in [0.15, 0.2) is 24.3 Å². The number of nitrogens with zero attached hydrogens (tertiary/aromatic N) is 1. The van der Waals surface area contributed by atoms with Gasteiger partial charge in [-0.2, -0.15) is 0 Å². The van der Waals surface area contributed by atoms with Crippen LogP contribution in [0.3, 0.4) is 0 Å². The van der Waals surface area contributed by atoms with Gasteiger partial charge in [-0.15, -0.1) is 13.2 Å². The second-order valence-corrected chi connectivity index (χ2v) is 6.65. The molecule has 0 radical (unpaired) electrons. The molecule has 3 nitrogen and oxygen atoms in total. The lowest BCUT2D eigenvalue weighted by molar-refractivity contribution is -0.275. The normalized spacial score (nSPS) is 30.8. The molecular weight excluding hydrogens is 307 g/mol. The molecule has 2 bridgehead atoms. The van der Waals surface area contributed by atoms with Crippen molar-refractivity contribution in [3.8, 4) is 5.75 Å². The van der Waals surface area contributed by atoms with E-state index in [0.717, 1.165) is 25.7 Å². The molecule has 128 valence electrons. The average molecular weight is 329 g/mol. The van der Waals surface area contributed by atoms with Crippen LogP contribution in [0.25, 0.3) is 0 Å². The van der Waals surface area contributed by atoms with E-state index in [1.165, 1.54) is 6.07 Å². The summed E-state index contributed by atoms with van der Waals surface area (Å²) < 4.78 is 41.9. The minimum Gasteiger partial charge on any atom is -0.405 e. The van der Waals surface area contributed by atoms with Gasteiger partial charge in [0, 0.05) is 29.6 Å². The van der Waals surface area contributed by atoms with Gasteiger partial charge in [0.1, 0.15) is 5.75 Å². The molecule has 6 heteroatoms. The maximum absolute atomic E-state index is 12.6. The molecular formula is C17H22F3NO2. The smallest absolute Gasteiger partial charge is 0.405 e. The van der Waals surface area contributed by atoms with Crippen molar-refractivity contribution in [1.82, 2.24) is 4.90 Å². The van der Waals surface area contributed by atoms with Gasteiger partial charge in [0.2, 0.25) is 0 Å². The Hall–Kier alpha value is -1.27. The predicted octanol–water partition coefficient (Wildman–Crippen LogP) is 3.71. The number of para-hydroxylation sites is 1. The highest BCUT2D eigenvalue weighted by Gasteiger charge is 2.54. The van der Waals surface area contributed by atoms with E-state index in [4.69, 9.17) is 0 Å². The van der Waals surface area contributed by atoms with Crippen LogP contribution in [0, 0.1) is 5.41 Å². The van der Waals surface area contributed by atoms with E-state index in [1.807, 2.05) is 0 Å². The Morgan fingerprint density at radius 3 is 2.65 bits per heavy atom. The van der Waals surface area contributed by atoms with Crippen molar-refractivity contribution in [2.45, 2.75) is 57.6 Å². The van der Waals surface area contributed by atoms with Gasteiger partial charge in [-0.25, -0.2) is 0 Å². The van der Waals surface area contributed by atoms with Crippen molar-refractivity contribution in [3.63, 3.8) is 0 Å². The summed E-state index contributed by atoms with van der Waals surface area (Å²) in [4.78, 5) is 2.26. The van der Waals surface area contributed by atoms with Crippen LogP contribution < -0.4 is 4.74 Å². The van der Waals surface area contributed by atoms with Gasteiger partial charge in [0.05, 0.1) is 6.61 Å². The summed E-state index contributed by atoms with van der Waals surface area (Å²) in [6.07, 6.45) is -0.816. The summed E-state index contributed by atoms with van der Waals surface area (Å²) in [5.41, 5.74) is 0.439. The van der Waals surface area contributed by atoms with Gasteiger partial charge >= 0.3 is 6.36 Å². The zero-order chi connectivity index (χ0) is 16.7. The molecule has 3 rings (SSSR count). The molecule has 0 unspecified atom stereocenters. The Bertz CT molecular complexity index is 557. The monoisotopic (exact) mass is 329 g/mol. The van der Waals surface area contributed by atoms with E-state index in [0.29, 0.717) is 18.2 Å². The molecule has 3 atom stereocenters. The topological polar surface area (TPSA) is 32.7 Å². The molecule has 2 heterocycles. The number of halogens is 3. The number of fused-ring (bicyclic) bond motifs is 2. The van der Waals surface area contributed by atoms with Gasteiger partial charge < -0.3 is 9.84 Å². The Labute approximate surface area is 134 Å². The number of alkyl halides is 3. The van der Waals surface area contributed by atoms with Crippen LogP contribution in [0.4, 0.5) is 13.2 Å². The summed E-state index contributed by atoms with van der Waals surface area (Å²) >= 11 is 0. The molecule has 1 N–H and O–H groups in total. The quantitative estimate of drug-likeness (QED) is 0.894. The van der Waals surface area contributed by atoms with Crippen molar-refractivity contribution in [3.05, 3.63) is 29.8 Å². The third-order valence-corrected chi connectivity index (χ3v) is 5.56. The fraction of sp³-hybridized carbons (Fsp3) is 0.647. The highest BCUT2D eigenvalue weighted by atomic mass is 19.4. The lowest BCUT2D eigenvalue weighted by atomic mass is 9.72. The van der Waals surface area contributed by atoms with Crippen LogP contribution in [0.1, 0.15) is 38.2 Å². The number of benzene rings is 1. The summed E-state index contributed by atoms with van der Waals surface area (Å²) in [5.74, 6) is -0.127. The zero-order valence-corrected chi connectivity index (χ0v) is 13.1. The minimum absolute atomic E-state index is 0.108. The molecule has 2 aliphatic heterocycles. The Morgan fingerprint density at radius 2 is 2.04 bits per heavy atom. The first kappa shape index (κ1) is 16.6. The first-order chi connectivity index (χ1) is 10.9. The lowest BCUT2D eigenvalue weighted by Crippen LogP contribution is -2.39. The van der Waals surface area contributed by atoms with Crippen molar-refractivity contribution in [1.29, 1.82) is 0 Å². The van der Waals surface area contributed by atoms with Crippen LogP contribution in [-0.4, -0.2) is 35.1 Å². The third kappa shape index (κ3) is 3.06. The average Bonchev–Trinajstić information content (AvgIpc) is 3.03. The third-order valence-electron chi connectivity index (χ3n) is 5.56. The van der Waals surface area contributed by atoms with E-state index >= 15 is 0 Å². The molecule has 1 aromatic rings. The zero-order valence-electron chi connectivity index (χ0n) is 13.1. The number of hydrogen-bond acceptors (Lipinski definition) is 3. The predicted molar refractivity (Wildman–Crippen MR) is 79.9 cm³/mol. The Balaban J connectivity index is 1.81. The second kappa shape index (κ2) is 5.98. The highest BCUT2D eigenvalue weighted by molar-refractivity contribution is 5.34. The van der Waals surface area contributed by atoms with Gasteiger partial charge in [0.25, 0.3) is 0 Å². The van der Waals surface area contributed by atoms with Gasteiger partial charge in [0.15, 0.2) is 0 Å². The Kier molecular flexibility index (Phi) is 4.31. The fourth-order valence-corrected chi connectivity index (χ4v) is 4.38. The van der Waals surface area contributed by atoms with Crippen molar-refractivity contribution >= 4 is 0 Å². The van der Waals surface area contributed by atoms with Crippen molar-refractivity contribution < 1.29 is 23.0 Å². The van der Waals surface area contributed by atoms with E-state index < -0.39 is 6.36 Å². The summed E-state index contributed by atoms with van der Waals surface area (Å²) in [6.45, 7) is 2.65. The highest BCUT2D eigenvalue weighted by Crippen LogP contribution is 2.52. The van der Waals surface area contributed by atoms with Crippen molar-refractivity contribution in [2.75, 3.05) is 6.61 Å². The molecule has 2 fully saturated rings. The van der Waals surface area contributed by atoms with Crippen molar-refractivity contribution in [2.24, 2.45) is 5.41 Å². The molecule has 0 aromatic heterocycles. The number of aliphatic hydroxyl groups excluding tert-OH is 1. The van der Waals surface area contributed by atoms with Crippen LogP contribution in [0.2, 0.25) is 0 Å². The molecule has 2 saturated heterocycles. The van der Waals surface area contributed by atoms with Gasteiger partial charge in [-0.1, -0.05) is 25.1 Å². The van der Waals surface area contributed by atoms with Gasteiger partial charge in [-0.05, 0) is 31.7 Å². The maximum atomic E-state index is 12.6. The SMILES string of the molecule is CC[C@]1(CO)C[C@H]2CC[C@@H]1N2Cc1ccccc1OC(F)(F)F. The lowest BCUT2D eigenvalue weighted by Gasteiger charge is -2.35. The minimum atomic E-state index is -4.68. The maximum Gasteiger partial charge on any atom is 0.573 e.